The van der Waals surface area contributed by atoms with Gasteiger partial charge in [0.15, 0.2) is 23.0 Å². The number of rotatable bonds is 4. The third-order valence-electron chi connectivity index (χ3n) is 18.3. The summed E-state index contributed by atoms with van der Waals surface area (Å²) in [7, 11) is -2.21. The maximum absolute atomic E-state index is 7.39. The average molecular weight is 1060 g/mol. The summed E-state index contributed by atoms with van der Waals surface area (Å²) in [4.78, 5) is 7.81. The van der Waals surface area contributed by atoms with Crippen LogP contribution in [0.5, 0.6) is 34.5 Å². The van der Waals surface area contributed by atoms with Crippen molar-refractivity contribution in [2.75, 3.05) is 4.90 Å². The number of fused-ring (bicyclic) bond motifs is 18. The van der Waals surface area contributed by atoms with Crippen LogP contribution in [0.1, 0.15) is 74.9 Å². The van der Waals surface area contributed by atoms with E-state index in [1.807, 2.05) is 47.8 Å². The summed E-state index contributed by atoms with van der Waals surface area (Å²) in [6.07, 6.45) is 0. The van der Waals surface area contributed by atoms with Gasteiger partial charge in [-0.1, -0.05) is 193 Å². The van der Waals surface area contributed by atoms with Crippen LogP contribution in [-0.2, 0) is 16.2 Å². The van der Waals surface area contributed by atoms with Crippen LogP contribution in [0, 0.1) is 0 Å². The van der Waals surface area contributed by atoms with Crippen molar-refractivity contribution in [1.82, 2.24) is 0 Å². The molecule has 0 atom stereocenters. The van der Waals surface area contributed by atoms with Gasteiger partial charge in [-0.05, 0) is 139 Å². The largest absolute Gasteiger partial charge is 0.456 e. The van der Waals surface area contributed by atoms with E-state index in [9.17, 15) is 0 Å². The van der Waals surface area contributed by atoms with Crippen molar-refractivity contribution in [1.29, 1.82) is 0 Å². The third kappa shape index (κ3) is 6.26. The summed E-state index contributed by atoms with van der Waals surface area (Å²) >= 11 is 3.81. The minimum atomic E-state index is -2.21. The maximum atomic E-state index is 7.39. The predicted octanol–water partition coefficient (Wildman–Crippen LogP) is 19.2. The Labute approximate surface area is 466 Å². The first-order valence-corrected chi connectivity index (χ1v) is 31.9. The smallest absolute Gasteiger partial charge is 0.178 e. The molecule has 378 valence electrons. The van der Waals surface area contributed by atoms with Gasteiger partial charge in [0.25, 0.3) is 0 Å². The molecule has 4 nitrogen and oxygen atoms in total. The van der Waals surface area contributed by atoms with E-state index in [2.05, 4.69) is 223 Å². The first-order valence-electron chi connectivity index (χ1n) is 27.2. The van der Waals surface area contributed by atoms with Crippen LogP contribution in [0.15, 0.2) is 208 Å². The van der Waals surface area contributed by atoms with Gasteiger partial charge in [-0.15, -0.1) is 0 Å². The number of para-hydroxylation sites is 3. The van der Waals surface area contributed by atoms with Gasteiger partial charge in [-0.3, -0.25) is 0 Å². The zero-order valence-electron chi connectivity index (χ0n) is 44.9. The summed E-state index contributed by atoms with van der Waals surface area (Å²) in [6, 6.07) is 69.8. The minimum Gasteiger partial charge on any atom is -0.456 e. The van der Waals surface area contributed by atoms with E-state index >= 15 is 0 Å². The van der Waals surface area contributed by atoms with Gasteiger partial charge in [-0.25, -0.2) is 0 Å². The van der Waals surface area contributed by atoms with E-state index < -0.39 is 8.07 Å². The van der Waals surface area contributed by atoms with Gasteiger partial charge in [0.1, 0.15) is 19.6 Å². The van der Waals surface area contributed by atoms with Crippen LogP contribution in [0.3, 0.4) is 0 Å². The number of ether oxygens (including phenoxy) is 3. The average Bonchev–Trinajstić information content (AvgIpc) is 3.60. The van der Waals surface area contributed by atoms with Gasteiger partial charge in [0.05, 0.1) is 0 Å². The van der Waals surface area contributed by atoms with Crippen molar-refractivity contribution in [3.8, 4) is 79.0 Å². The molecule has 3 aliphatic carbocycles. The SMILES string of the molecule is CC1(C)c2cc(N(c3ccc(-c4cccc5c4Oc4c(ccc6c4-c4ccccc4C6(C)C)[Si]5(C)C)cc3)c3ccc4c(c3)C(C)(C)c3ccc5c(c3-4)Sc3ccccc3S5)ccc2-c2c1ccc1c2Oc2ccccc2O1. The highest BCUT2D eigenvalue weighted by Gasteiger charge is 2.46. The highest BCUT2D eigenvalue weighted by molar-refractivity contribution is 8.05. The van der Waals surface area contributed by atoms with Gasteiger partial charge < -0.3 is 19.1 Å². The van der Waals surface area contributed by atoms with E-state index in [0.717, 1.165) is 68.2 Å². The van der Waals surface area contributed by atoms with Crippen LogP contribution in [0.4, 0.5) is 17.1 Å². The highest BCUT2D eigenvalue weighted by Crippen LogP contribution is 2.62. The number of hydrogen-bond donors (Lipinski definition) is 0. The Balaban J connectivity index is 0.834. The van der Waals surface area contributed by atoms with Gasteiger partial charge >= 0.3 is 0 Å². The second-order valence-electron chi connectivity index (χ2n) is 24.0. The van der Waals surface area contributed by atoms with Crippen LogP contribution in [0.25, 0.3) is 44.5 Å². The number of benzene rings is 10. The fraction of sp³-hybridized carbons (Fsp3) is 0.155. The molecule has 0 fully saturated rings. The normalized spacial score (nSPS) is 16.6. The van der Waals surface area contributed by atoms with E-state index in [-0.39, 0.29) is 16.2 Å². The second-order valence-corrected chi connectivity index (χ2v) is 30.4. The van der Waals surface area contributed by atoms with Crippen molar-refractivity contribution in [2.45, 2.75) is 90.5 Å². The lowest BCUT2D eigenvalue weighted by Gasteiger charge is -2.36. The lowest BCUT2D eigenvalue weighted by atomic mass is 9.82. The first-order chi connectivity index (χ1) is 37.7. The summed E-state index contributed by atoms with van der Waals surface area (Å²) in [5.41, 5.74) is 20.3. The molecule has 0 radical (unpaired) electrons. The van der Waals surface area contributed by atoms with Crippen LogP contribution in [0.2, 0.25) is 13.1 Å². The van der Waals surface area contributed by atoms with Crippen LogP contribution < -0.4 is 29.5 Å². The molecule has 10 aromatic carbocycles. The Morgan fingerprint density at radius 3 is 1.63 bits per heavy atom. The predicted molar refractivity (Wildman–Crippen MR) is 324 cm³/mol. The molecule has 0 unspecified atom stereocenters. The maximum Gasteiger partial charge on any atom is 0.178 e. The summed E-state index contributed by atoms with van der Waals surface area (Å²) in [6.45, 7) is 19.2. The van der Waals surface area contributed by atoms with Crippen molar-refractivity contribution < 1.29 is 14.2 Å². The number of hydrogen-bond acceptors (Lipinski definition) is 6. The molecule has 7 heteroatoms. The molecule has 3 aliphatic heterocycles. The molecule has 78 heavy (non-hydrogen) atoms. The topological polar surface area (TPSA) is 30.9 Å². The quantitative estimate of drug-likeness (QED) is 0.163. The molecule has 0 aromatic heterocycles. The molecule has 16 rings (SSSR count). The molecule has 3 heterocycles. The van der Waals surface area contributed by atoms with Crippen LogP contribution in [-0.4, -0.2) is 8.07 Å². The fourth-order valence-corrected chi connectivity index (χ4v) is 19.3. The van der Waals surface area contributed by atoms with Gasteiger partial charge in [0, 0.05) is 75.1 Å². The third-order valence-corrected chi connectivity index (χ3v) is 24.3. The lowest BCUT2D eigenvalue weighted by Crippen LogP contribution is -2.56. The van der Waals surface area contributed by atoms with Crippen LogP contribution >= 0.6 is 23.5 Å². The van der Waals surface area contributed by atoms with E-state index in [1.165, 1.54) is 91.2 Å². The Morgan fingerprint density at radius 1 is 0.359 bits per heavy atom. The first kappa shape index (κ1) is 46.4. The molecule has 0 amide bonds. The molecule has 0 saturated heterocycles. The summed E-state index contributed by atoms with van der Waals surface area (Å²) in [5.74, 6) is 5.02. The number of anilines is 3. The monoisotopic (exact) mass is 1060 g/mol. The summed E-state index contributed by atoms with van der Waals surface area (Å²) < 4.78 is 20.6. The molecule has 0 N–H and O–H groups in total. The van der Waals surface area contributed by atoms with Crippen molar-refractivity contribution >= 4 is 59.0 Å². The highest BCUT2D eigenvalue weighted by atomic mass is 32.2. The van der Waals surface area contributed by atoms with E-state index in [1.54, 1.807) is 0 Å². The van der Waals surface area contributed by atoms with Gasteiger partial charge in [0.2, 0.25) is 0 Å². The van der Waals surface area contributed by atoms with Crippen molar-refractivity contribution in [3.63, 3.8) is 0 Å². The van der Waals surface area contributed by atoms with Crippen molar-refractivity contribution in [3.05, 3.63) is 221 Å². The molecular formula is C71H55NO3S2Si. The molecule has 10 aromatic rings. The Kier molecular flexibility index (Phi) is 9.51. The Hall–Kier alpha value is -7.68. The second kappa shape index (κ2) is 16.0. The lowest BCUT2D eigenvalue weighted by molar-refractivity contribution is 0.360. The molecule has 0 spiro atoms. The Morgan fingerprint density at radius 2 is 0.897 bits per heavy atom. The van der Waals surface area contributed by atoms with E-state index in [0.29, 0.717) is 0 Å². The fourth-order valence-electron chi connectivity index (χ4n) is 14.1. The molecule has 0 bridgehead atoms. The molecular weight excluding hydrogens is 1010 g/mol. The van der Waals surface area contributed by atoms with Gasteiger partial charge in [-0.2, -0.15) is 0 Å². The standard InChI is InChI=1S/C71H55NO3S2Si/c1-69(2)48-18-10-9-16-45(48)63-50(69)34-37-61-67(63)75-65-44(17-15-23-60(65)78(61,7)8)40-24-26-41(27-25-40)72(42-28-30-46-52(38-42)70(3,4)49-32-35-56-66(62(46)49)74-55-20-12-11-19-54(55)73-56)43-29-31-47-53(39-43)71(5,6)51-33-36-59-68(64(47)51)77-58-22-14-13-21-57(58)76-59/h9-39H,1-8H3. The molecule has 0 saturated carbocycles. The zero-order valence-corrected chi connectivity index (χ0v) is 47.5. The summed E-state index contributed by atoms with van der Waals surface area (Å²) in [5, 5.41) is 2.69. The van der Waals surface area contributed by atoms with E-state index in [4.69, 9.17) is 14.2 Å². The molecule has 6 aliphatic rings. The number of nitrogens with zero attached hydrogens (tertiary/aromatic N) is 1. The Bertz CT molecular complexity index is 4160. The zero-order chi connectivity index (χ0) is 52.8. The van der Waals surface area contributed by atoms with Crippen molar-refractivity contribution in [2.24, 2.45) is 0 Å². The minimum absolute atomic E-state index is 0.116.